The number of ketones is 1. The molecule has 0 aliphatic heterocycles. The number of rotatable bonds is 6. The van der Waals surface area contributed by atoms with Crippen LogP contribution in [0.25, 0.3) is 0 Å². The van der Waals surface area contributed by atoms with E-state index >= 15 is 0 Å². The molecule has 0 N–H and O–H groups in total. The van der Waals surface area contributed by atoms with Crippen molar-refractivity contribution in [3.63, 3.8) is 0 Å². The van der Waals surface area contributed by atoms with E-state index in [9.17, 15) is 4.79 Å². The Balaban J connectivity index is 2.47. The third kappa shape index (κ3) is 4.72. The van der Waals surface area contributed by atoms with Crippen molar-refractivity contribution in [1.29, 1.82) is 0 Å². The molecule has 0 aliphatic carbocycles. The first-order valence-corrected chi connectivity index (χ1v) is 5.53. The third-order valence-electron chi connectivity index (χ3n) is 2.39. The van der Waals surface area contributed by atoms with Gasteiger partial charge < -0.3 is 9.47 Å². The van der Waals surface area contributed by atoms with Crippen LogP contribution in [0.15, 0.2) is 30.5 Å². The second-order valence-electron chi connectivity index (χ2n) is 3.88. The van der Waals surface area contributed by atoms with Crippen LogP contribution < -0.4 is 4.74 Å². The first-order chi connectivity index (χ1) is 8.13. The van der Waals surface area contributed by atoms with Gasteiger partial charge in [0.05, 0.1) is 13.4 Å². The van der Waals surface area contributed by atoms with Gasteiger partial charge in [0, 0.05) is 6.42 Å². The average Bonchev–Trinajstić information content (AvgIpc) is 2.30. The van der Waals surface area contributed by atoms with Crippen LogP contribution >= 0.6 is 0 Å². The first kappa shape index (κ1) is 13.3. The molecule has 0 unspecified atom stereocenters. The highest BCUT2D eigenvalue weighted by molar-refractivity contribution is 5.76. The van der Waals surface area contributed by atoms with Crippen molar-refractivity contribution < 1.29 is 14.3 Å². The predicted molar refractivity (Wildman–Crippen MR) is 67.0 cm³/mol. The summed E-state index contributed by atoms with van der Waals surface area (Å²) < 4.78 is 10.5. The lowest BCUT2D eigenvalue weighted by molar-refractivity contribution is -0.116. The Morgan fingerprint density at radius 1 is 1.41 bits per heavy atom. The van der Waals surface area contributed by atoms with Gasteiger partial charge in [0.1, 0.15) is 18.1 Å². The van der Waals surface area contributed by atoms with Crippen LogP contribution in [0, 0.1) is 6.92 Å². The number of carbonyl (C=O) groups is 1. The van der Waals surface area contributed by atoms with E-state index in [0.29, 0.717) is 13.0 Å². The molecule has 0 aliphatic rings. The van der Waals surface area contributed by atoms with Gasteiger partial charge in [-0.15, -0.1) is 0 Å². The second-order valence-corrected chi connectivity index (χ2v) is 3.88. The van der Waals surface area contributed by atoms with E-state index in [-0.39, 0.29) is 5.78 Å². The number of allylic oxidation sites excluding steroid dienone is 1. The molecule has 0 saturated carbocycles. The molecule has 0 saturated heterocycles. The van der Waals surface area contributed by atoms with E-state index in [4.69, 9.17) is 9.47 Å². The van der Waals surface area contributed by atoms with E-state index in [1.165, 1.54) is 0 Å². The van der Waals surface area contributed by atoms with E-state index in [1.54, 1.807) is 26.4 Å². The Hall–Kier alpha value is -1.77. The van der Waals surface area contributed by atoms with Crippen LogP contribution in [0.4, 0.5) is 0 Å². The standard InChI is InChI=1S/C14H18O3/c1-11-9-14(16-3)7-6-13(11)10-17-8-4-5-12(2)15/h4,6-9H,5,10H2,1-3H3/b8-4+. The summed E-state index contributed by atoms with van der Waals surface area (Å²) in [5.41, 5.74) is 2.24. The van der Waals surface area contributed by atoms with Gasteiger partial charge in [-0.05, 0) is 43.2 Å². The molecule has 0 fully saturated rings. The minimum atomic E-state index is 0.130. The highest BCUT2D eigenvalue weighted by atomic mass is 16.5. The van der Waals surface area contributed by atoms with Crippen molar-refractivity contribution >= 4 is 5.78 Å². The maximum Gasteiger partial charge on any atom is 0.133 e. The lowest BCUT2D eigenvalue weighted by Crippen LogP contribution is -1.93. The van der Waals surface area contributed by atoms with E-state index in [2.05, 4.69) is 0 Å². The highest BCUT2D eigenvalue weighted by Gasteiger charge is 1.99. The molecule has 0 radical (unpaired) electrons. The van der Waals surface area contributed by atoms with Crippen molar-refractivity contribution in [2.45, 2.75) is 26.9 Å². The highest BCUT2D eigenvalue weighted by Crippen LogP contribution is 2.17. The van der Waals surface area contributed by atoms with Gasteiger partial charge in [0.25, 0.3) is 0 Å². The SMILES string of the molecule is COc1ccc(CO/C=C/CC(C)=O)c(C)c1. The largest absolute Gasteiger partial charge is 0.497 e. The van der Waals surface area contributed by atoms with Gasteiger partial charge in [-0.3, -0.25) is 4.79 Å². The molecule has 0 spiro atoms. The van der Waals surface area contributed by atoms with Gasteiger partial charge >= 0.3 is 0 Å². The van der Waals surface area contributed by atoms with E-state index in [0.717, 1.165) is 16.9 Å². The molecule has 1 aromatic carbocycles. The molecule has 1 rings (SSSR count). The van der Waals surface area contributed by atoms with Crippen LogP contribution in [-0.2, 0) is 16.1 Å². The third-order valence-corrected chi connectivity index (χ3v) is 2.39. The summed E-state index contributed by atoms with van der Waals surface area (Å²) in [4.78, 5) is 10.7. The smallest absolute Gasteiger partial charge is 0.133 e. The van der Waals surface area contributed by atoms with Crippen molar-refractivity contribution in [2.24, 2.45) is 0 Å². The molecule has 3 nitrogen and oxygen atoms in total. The van der Waals surface area contributed by atoms with Gasteiger partial charge in [0.2, 0.25) is 0 Å². The zero-order valence-electron chi connectivity index (χ0n) is 10.5. The molecule has 1 aromatic rings. The van der Waals surface area contributed by atoms with Crippen LogP contribution in [0.2, 0.25) is 0 Å². The van der Waals surface area contributed by atoms with Crippen molar-refractivity contribution in [2.75, 3.05) is 7.11 Å². The minimum Gasteiger partial charge on any atom is -0.497 e. The molecular weight excluding hydrogens is 216 g/mol. The Morgan fingerprint density at radius 3 is 2.76 bits per heavy atom. The van der Waals surface area contributed by atoms with Gasteiger partial charge in [0.15, 0.2) is 0 Å². The lowest BCUT2D eigenvalue weighted by Gasteiger charge is -2.07. The Morgan fingerprint density at radius 2 is 2.18 bits per heavy atom. The summed E-state index contributed by atoms with van der Waals surface area (Å²) >= 11 is 0. The summed E-state index contributed by atoms with van der Waals surface area (Å²) in [5.74, 6) is 0.976. The summed E-state index contributed by atoms with van der Waals surface area (Å²) in [5, 5.41) is 0. The molecular formula is C14H18O3. The Labute approximate surface area is 102 Å². The summed E-state index contributed by atoms with van der Waals surface area (Å²) in [6.07, 6.45) is 3.72. The molecule has 17 heavy (non-hydrogen) atoms. The lowest BCUT2D eigenvalue weighted by atomic mass is 10.1. The zero-order valence-corrected chi connectivity index (χ0v) is 10.5. The Bertz CT molecular complexity index is 408. The maximum atomic E-state index is 10.7. The number of Topliss-reactive ketones (excluding diaryl/α,β-unsaturated/α-hetero) is 1. The first-order valence-electron chi connectivity index (χ1n) is 5.53. The fraction of sp³-hybridized carbons (Fsp3) is 0.357. The fourth-order valence-corrected chi connectivity index (χ4v) is 1.38. The monoisotopic (exact) mass is 234 g/mol. The topological polar surface area (TPSA) is 35.5 Å². The molecule has 0 atom stereocenters. The van der Waals surface area contributed by atoms with Crippen LogP contribution in [0.3, 0.4) is 0 Å². The van der Waals surface area contributed by atoms with Crippen LogP contribution in [-0.4, -0.2) is 12.9 Å². The molecule has 3 heteroatoms. The minimum absolute atomic E-state index is 0.130. The van der Waals surface area contributed by atoms with Gasteiger partial charge in [-0.1, -0.05) is 6.07 Å². The fourth-order valence-electron chi connectivity index (χ4n) is 1.38. The second kappa shape index (κ2) is 6.74. The number of hydrogen-bond acceptors (Lipinski definition) is 3. The molecule has 92 valence electrons. The number of methoxy groups -OCH3 is 1. The van der Waals surface area contributed by atoms with Crippen molar-refractivity contribution in [3.8, 4) is 5.75 Å². The molecule has 0 aromatic heterocycles. The quantitative estimate of drug-likeness (QED) is 0.710. The van der Waals surface area contributed by atoms with Crippen molar-refractivity contribution in [1.82, 2.24) is 0 Å². The maximum absolute atomic E-state index is 10.7. The summed E-state index contributed by atoms with van der Waals surface area (Å²) in [6, 6.07) is 5.86. The number of ether oxygens (including phenoxy) is 2. The predicted octanol–water partition coefficient (Wildman–Crippen LogP) is 3.01. The van der Waals surface area contributed by atoms with Crippen LogP contribution in [0.1, 0.15) is 24.5 Å². The molecule has 0 heterocycles. The Kier molecular flexibility index (Phi) is 5.27. The zero-order chi connectivity index (χ0) is 12.7. The van der Waals surface area contributed by atoms with Crippen molar-refractivity contribution in [3.05, 3.63) is 41.7 Å². The number of aryl methyl sites for hydroxylation is 1. The van der Waals surface area contributed by atoms with E-state index < -0.39 is 0 Å². The molecule has 0 bridgehead atoms. The van der Waals surface area contributed by atoms with Gasteiger partial charge in [-0.2, -0.15) is 0 Å². The average molecular weight is 234 g/mol. The molecule has 0 amide bonds. The van der Waals surface area contributed by atoms with E-state index in [1.807, 2.05) is 25.1 Å². The summed E-state index contributed by atoms with van der Waals surface area (Å²) in [7, 11) is 1.65. The van der Waals surface area contributed by atoms with Gasteiger partial charge in [-0.25, -0.2) is 0 Å². The number of carbonyl (C=O) groups excluding carboxylic acids is 1. The number of hydrogen-bond donors (Lipinski definition) is 0. The summed E-state index contributed by atoms with van der Waals surface area (Å²) in [6.45, 7) is 4.07. The normalized spacial score (nSPS) is 10.5. The van der Waals surface area contributed by atoms with Crippen LogP contribution in [0.5, 0.6) is 5.75 Å². The number of benzene rings is 1.